The van der Waals surface area contributed by atoms with Crippen molar-refractivity contribution in [2.24, 2.45) is 0 Å². The third kappa shape index (κ3) is 2.96. The van der Waals surface area contributed by atoms with Gasteiger partial charge in [0.2, 0.25) is 0 Å². The predicted molar refractivity (Wildman–Crippen MR) is 82.3 cm³/mol. The quantitative estimate of drug-likeness (QED) is 0.824. The fourth-order valence-corrected chi connectivity index (χ4v) is 2.76. The largest absolute Gasteiger partial charge is 0.508 e. The third-order valence-corrected chi connectivity index (χ3v) is 3.81. The first kappa shape index (κ1) is 14.4. The van der Waals surface area contributed by atoms with Crippen LogP contribution in [0.3, 0.4) is 0 Å². The Balaban J connectivity index is 2.50. The van der Waals surface area contributed by atoms with Crippen molar-refractivity contribution in [1.29, 1.82) is 0 Å². The van der Waals surface area contributed by atoms with Gasteiger partial charge in [-0.2, -0.15) is 0 Å². The molecule has 0 amide bonds. The van der Waals surface area contributed by atoms with E-state index < -0.39 is 0 Å². The summed E-state index contributed by atoms with van der Waals surface area (Å²) in [5.74, 6) is 0.656. The van der Waals surface area contributed by atoms with Gasteiger partial charge >= 0.3 is 0 Å². The van der Waals surface area contributed by atoms with Crippen LogP contribution in [0.5, 0.6) is 11.5 Å². The highest BCUT2D eigenvalue weighted by Crippen LogP contribution is 2.40. The monoisotopic (exact) mass is 270 g/mol. The normalized spacial score (nSPS) is 12.3. The van der Waals surface area contributed by atoms with Crippen molar-refractivity contribution in [2.45, 2.75) is 39.0 Å². The zero-order valence-electron chi connectivity index (χ0n) is 12.1. The molecule has 0 saturated heterocycles. The van der Waals surface area contributed by atoms with Crippen LogP contribution < -0.4 is 0 Å². The molecule has 0 aliphatic rings. The van der Waals surface area contributed by atoms with Crippen LogP contribution in [0.25, 0.3) is 0 Å². The van der Waals surface area contributed by atoms with Crippen LogP contribution in [-0.4, -0.2) is 10.2 Å². The molecular weight excluding hydrogens is 248 g/mol. The maximum absolute atomic E-state index is 10.2. The summed E-state index contributed by atoms with van der Waals surface area (Å²) in [6, 6.07) is 13.0. The van der Waals surface area contributed by atoms with Crippen LogP contribution in [0.4, 0.5) is 0 Å². The van der Waals surface area contributed by atoms with Gasteiger partial charge in [0.05, 0.1) is 0 Å². The van der Waals surface area contributed by atoms with E-state index >= 15 is 0 Å². The zero-order valence-corrected chi connectivity index (χ0v) is 12.1. The second-order valence-corrected chi connectivity index (χ2v) is 5.26. The van der Waals surface area contributed by atoms with E-state index in [1.807, 2.05) is 37.3 Å². The van der Waals surface area contributed by atoms with Gasteiger partial charge in [-0.15, -0.1) is 0 Å². The van der Waals surface area contributed by atoms with E-state index in [2.05, 4.69) is 6.92 Å². The van der Waals surface area contributed by atoms with Crippen molar-refractivity contribution in [3.63, 3.8) is 0 Å². The molecule has 0 spiro atoms. The molecule has 0 fully saturated rings. The number of phenolic OH excluding ortho intramolecular Hbond substituents is 2. The van der Waals surface area contributed by atoms with Crippen molar-refractivity contribution in [3.05, 3.63) is 59.2 Å². The standard InChI is InChI=1S/C18H22O2/c1-3-4-9-15(14-10-5-6-11-16(14)19)18-13(2)8-7-12-17(18)20/h5-8,10-12,15,19-20H,3-4,9H2,1-2H3. The van der Waals surface area contributed by atoms with E-state index in [1.165, 1.54) is 0 Å². The first-order valence-electron chi connectivity index (χ1n) is 7.21. The number of rotatable bonds is 5. The molecule has 2 heteroatoms. The number of hydrogen-bond donors (Lipinski definition) is 2. The van der Waals surface area contributed by atoms with E-state index in [0.29, 0.717) is 11.5 Å². The van der Waals surface area contributed by atoms with E-state index in [1.54, 1.807) is 12.1 Å². The fourth-order valence-electron chi connectivity index (χ4n) is 2.76. The van der Waals surface area contributed by atoms with Gasteiger partial charge in [-0.05, 0) is 31.0 Å². The molecule has 2 rings (SSSR count). The van der Waals surface area contributed by atoms with E-state index in [9.17, 15) is 10.2 Å². The van der Waals surface area contributed by atoms with Crippen molar-refractivity contribution in [2.75, 3.05) is 0 Å². The molecule has 20 heavy (non-hydrogen) atoms. The second kappa shape index (κ2) is 6.47. The van der Waals surface area contributed by atoms with Gasteiger partial charge in [0.15, 0.2) is 0 Å². The molecule has 2 nitrogen and oxygen atoms in total. The average Bonchev–Trinajstić information content (AvgIpc) is 2.43. The average molecular weight is 270 g/mol. The highest BCUT2D eigenvalue weighted by molar-refractivity contribution is 5.49. The summed E-state index contributed by atoms with van der Waals surface area (Å²) < 4.78 is 0. The molecule has 0 aliphatic carbocycles. The molecule has 2 aromatic carbocycles. The van der Waals surface area contributed by atoms with Crippen molar-refractivity contribution >= 4 is 0 Å². The molecule has 1 atom stereocenters. The first-order valence-corrected chi connectivity index (χ1v) is 7.21. The number of unbranched alkanes of at least 4 members (excludes halogenated alkanes) is 1. The minimum atomic E-state index is 0.0392. The Morgan fingerprint density at radius 1 is 0.950 bits per heavy atom. The molecule has 2 N–H and O–H groups in total. The molecule has 2 aromatic rings. The molecule has 106 valence electrons. The topological polar surface area (TPSA) is 40.5 Å². The van der Waals surface area contributed by atoms with E-state index in [4.69, 9.17) is 0 Å². The summed E-state index contributed by atoms with van der Waals surface area (Å²) in [6.07, 6.45) is 3.08. The number of para-hydroxylation sites is 1. The summed E-state index contributed by atoms with van der Waals surface area (Å²) in [4.78, 5) is 0. The minimum Gasteiger partial charge on any atom is -0.508 e. The Hall–Kier alpha value is -1.96. The Bertz CT molecular complexity index is 555. The number of aromatic hydroxyl groups is 2. The predicted octanol–water partition coefficient (Wildman–Crippen LogP) is 4.73. The maximum atomic E-state index is 10.2. The number of hydrogen-bond acceptors (Lipinski definition) is 2. The number of aryl methyl sites for hydroxylation is 1. The summed E-state index contributed by atoms with van der Waals surface area (Å²) >= 11 is 0. The molecular formula is C18H22O2. The van der Waals surface area contributed by atoms with Gasteiger partial charge in [0.25, 0.3) is 0 Å². The van der Waals surface area contributed by atoms with Gasteiger partial charge in [-0.25, -0.2) is 0 Å². The van der Waals surface area contributed by atoms with Gasteiger partial charge in [-0.1, -0.05) is 50.1 Å². The molecule has 0 aliphatic heterocycles. The van der Waals surface area contributed by atoms with Gasteiger partial charge < -0.3 is 10.2 Å². The van der Waals surface area contributed by atoms with Crippen molar-refractivity contribution < 1.29 is 10.2 Å². The smallest absolute Gasteiger partial charge is 0.119 e. The summed E-state index contributed by atoms with van der Waals surface area (Å²) in [5, 5.41) is 20.4. The van der Waals surface area contributed by atoms with Crippen LogP contribution in [0.15, 0.2) is 42.5 Å². The Labute approximate surface area is 120 Å². The van der Waals surface area contributed by atoms with Crippen molar-refractivity contribution in [3.8, 4) is 11.5 Å². The van der Waals surface area contributed by atoms with E-state index in [0.717, 1.165) is 36.0 Å². The van der Waals surface area contributed by atoms with Gasteiger partial charge in [-0.3, -0.25) is 0 Å². The molecule has 0 radical (unpaired) electrons. The van der Waals surface area contributed by atoms with Gasteiger partial charge in [0.1, 0.15) is 11.5 Å². The number of benzene rings is 2. The Kier molecular flexibility index (Phi) is 4.67. The Morgan fingerprint density at radius 2 is 1.65 bits per heavy atom. The lowest BCUT2D eigenvalue weighted by molar-refractivity contribution is 0.448. The summed E-state index contributed by atoms with van der Waals surface area (Å²) in [6.45, 7) is 4.16. The Morgan fingerprint density at radius 3 is 2.30 bits per heavy atom. The highest BCUT2D eigenvalue weighted by atomic mass is 16.3. The fraction of sp³-hybridized carbons (Fsp3) is 0.333. The lowest BCUT2D eigenvalue weighted by Crippen LogP contribution is -2.04. The molecule has 0 saturated carbocycles. The zero-order chi connectivity index (χ0) is 14.5. The third-order valence-electron chi connectivity index (χ3n) is 3.81. The lowest BCUT2D eigenvalue weighted by Gasteiger charge is -2.22. The first-order chi connectivity index (χ1) is 9.65. The molecule has 1 unspecified atom stereocenters. The molecule has 0 aromatic heterocycles. The second-order valence-electron chi connectivity index (χ2n) is 5.26. The van der Waals surface area contributed by atoms with Crippen LogP contribution in [0, 0.1) is 6.92 Å². The maximum Gasteiger partial charge on any atom is 0.119 e. The van der Waals surface area contributed by atoms with Crippen LogP contribution >= 0.6 is 0 Å². The van der Waals surface area contributed by atoms with Gasteiger partial charge in [0, 0.05) is 17.0 Å². The minimum absolute atomic E-state index is 0.0392. The van der Waals surface area contributed by atoms with Crippen LogP contribution in [0.1, 0.15) is 48.8 Å². The molecule has 0 heterocycles. The summed E-state index contributed by atoms with van der Waals surface area (Å²) in [5.41, 5.74) is 2.89. The van der Waals surface area contributed by atoms with Crippen LogP contribution in [0.2, 0.25) is 0 Å². The lowest BCUT2D eigenvalue weighted by atomic mass is 9.84. The highest BCUT2D eigenvalue weighted by Gasteiger charge is 2.21. The number of phenols is 2. The SMILES string of the molecule is CCCCC(c1ccccc1O)c1c(C)cccc1O. The van der Waals surface area contributed by atoms with Crippen molar-refractivity contribution in [1.82, 2.24) is 0 Å². The van der Waals surface area contributed by atoms with Crippen LogP contribution in [-0.2, 0) is 0 Å². The van der Waals surface area contributed by atoms with E-state index in [-0.39, 0.29) is 5.92 Å². The summed E-state index contributed by atoms with van der Waals surface area (Å²) in [7, 11) is 0. The molecule has 0 bridgehead atoms.